The van der Waals surface area contributed by atoms with Crippen LogP contribution >= 0.6 is 0 Å². The van der Waals surface area contributed by atoms with E-state index in [4.69, 9.17) is 4.74 Å². The van der Waals surface area contributed by atoms with Crippen molar-refractivity contribution >= 4 is 5.69 Å². The predicted molar refractivity (Wildman–Crippen MR) is 87.0 cm³/mol. The zero-order valence-corrected chi connectivity index (χ0v) is 12.8. The van der Waals surface area contributed by atoms with Gasteiger partial charge in [-0.1, -0.05) is 30.7 Å². The lowest BCUT2D eigenvalue weighted by molar-refractivity contribution is 0.376. The minimum Gasteiger partial charge on any atom is -0.497 e. The number of hydrogen-bond acceptors (Lipinski definition) is 2. The average molecular weight is 281 g/mol. The summed E-state index contributed by atoms with van der Waals surface area (Å²) in [5.74, 6) is 2.99. The smallest absolute Gasteiger partial charge is 0.119 e. The molecule has 4 rings (SSSR count). The molecule has 2 heteroatoms. The standard InChI is InChI=1S/C19H23NO/c1-20-18-11-10-14(21-2)12-17(18)16-9-5-7-13-6-3-4-8-15(13)19(16)20/h3-4,6,8,10-13,15-16,19H,5,7,9H2,1-2H3. The first-order valence-electron chi connectivity index (χ1n) is 8.05. The van der Waals surface area contributed by atoms with Crippen LogP contribution in [0.1, 0.15) is 30.7 Å². The van der Waals surface area contributed by atoms with Crippen molar-refractivity contribution in [1.82, 2.24) is 0 Å². The molecular formula is C19H23NO. The molecule has 4 atom stereocenters. The van der Waals surface area contributed by atoms with Crippen LogP contribution in [0, 0.1) is 11.8 Å². The van der Waals surface area contributed by atoms with Crippen molar-refractivity contribution in [2.45, 2.75) is 31.2 Å². The molecule has 0 N–H and O–H groups in total. The van der Waals surface area contributed by atoms with Gasteiger partial charge in [0.05, 0.1) is 7.11 Å². The van der Waals surface area contributed by atoms with Crippen LogP contribution in [0.5, 0.6) is 5.75 Å². The Bertz CT molecular complexity index is 604. The monoisotopic (exact) mass is 281 g/mol. The summed E-state index contributed by atoms with van der Waals surface area (Å²) in [6, 6.07) is 7.19. The molecule has 2 nitrogen and oxygen atoms in total. The highest BCUT2D eigenvalue weighted by Crippen LogP contribution is 2.51. The number of allylic oxidation sites excluding steroid dienone is 3. The summed E-state index contributed by atoms with van der Waals surface area (Å²) in [4.78, 5) is 2.52. The molecule has 1 fully saturated rings. The Morgan fingerprint density at radius 1 is 1.14 bits per heavy atom. The summed E-state index contributed by atoms with van der Waals surface area (Å²) in [5, 5.41) is 0. The molecule has 1 saturated carbocycles. The summed E-state index contributed by atoms with van der Waals surface area (Å²) < 4.78 is 5.45. The van der Waals surface area contributed by atoms with E-state index in [-0.39, 0.29) is 0 Å². The van der Waals surface area contributed by atoms with Crippen molar-refractivity contribution in [3.05, 3.63) is 48.1 Å². The molecule has 1 heterocycles. The summed E-state index contributed by atoms with van der Waals surface area (Å²) in [7, 11) is 4.03. The second-order valence-corrected chi connectivity index (χ2v) is 6.57. The number of rotatable bonds is 1. The molecule has 0 saturated heterocycles. The molecule has 0 amide bonds. The molecule has 1 aromatic carbocycles. The maximum Gasteiger partial charge on any atom is 0.119 e. The van der Waals surface area contributed by atoms with Gasteiger partial charge in [-0.3, -0.25) is 0 Å². The normalized spacial score (nSPS) is 33.1. The van der Waals surface area contributed by atoms with Gasteiger partial charge >= 0.3 is 0 Å². The van der Waals surface area contributed by atoms with Crippen molar-refractivity contribution in [3.63, 3.8) is 0 Å². The van der Waals surface area contributed by atoms with Gasteiger partial charge in [0.15, 0.2) is 0 Å². The lowest BCUT2D eigenvalue weighted by atomic mass is 9.78. The van der Waals surface area contributed by atoms with Crippen LogP contribution in [0.2, 0.25) is 0 Å². The van der Waals surface area contributed by atoms with E-state index in [1.165, 1.54) is 30.5 Å². The van der Waals surface area contributed by atoms with Crippen molar-refractivity contribution < 1.29 is 4.74 Å². The lowest BCUT2D eigenvalue weighted by Gasteiger charge is -2.35. The Balaban J connectivity index is 1.78. The SMILES string of the molecule is COc1ccc2c(c1)C1CCCC3C=CC=CC3C1N2C. The highest BCUT2D eigenvalue weighted by Gasteiger charge is 2.44. The van der Waals surface area contributed by atoms with Crippen molar-refractivity contribution in [2.75, 3.05) is 19.1 Å². The van der Waals surface area contributed by atoms with Gasteiger partial charge in [-0.15, -0.1) is 0 Å². The first kappa shape index (κ1) is 13.0. The van der Waals surface area contributed by atoms with E-state index < -0.39 is 0 Å². The number of anilines is 1. The van der Waals surface area contributed by atoms with E-state index in [0.717, 1.165) is 5.75 Å². The quantitative estimate of drug-likeness (QED) is 0.767. The van der Waals surface area contributed by atoms with Crippen LogP contribution in [-0.2, 0) is 0 Å². The van der Waals surface area contributed by atoms with Gasteiger partial charge in [0.2, 0.25) is 0 Å². The first-order valence-corrected chi connectivity index (χ1v) is 8.05. The zero-order valence-electron chi connectivity index (χ0n) is 12.8. The molecule has 110 valence electrons. The molecule has 0 radical (unpaired) electrons. The Kier molecular flexibility index (Phi) is 3.06. The Hall–Kier alpha value is -1.70. The summed E-state index contributed by atoms with van der Waals surface area (Å²) in [6.45, 7) is 0. The number of likely N-dealkylation sites (N-methyl/N-ethyl adjacent to an activating group) is 1. The van der Waals surface area contributed by atoms with E-state index in [2.05, 4.69) is 54.5 Å². The fourth-order valence-corrected chi connectivity index (χ4v) is 4.64. The molecule has 4 unspecified atom stereocenters. The Morgan fingerprint density at radius 3 is 2.86 bits per heavy atom. The van der Waals surface area contributed by atoms with Crippen LogP contribution in [0.25, 0.3) is 0 Å². The second-order valence-electron chi connectivity index (χ2n) is 6.57. The van der Waals surface area contributed by atoms with Gasteiger partial charge in [0.1, 0.15) is 5.75 Å². The van der Waals surface area contributed by atoms with Crippen LogP contribution in [-0.4, -0.2) is 20.2 Å². The highest BCUT2D eigenvalue weighted by molar-refractivity contribution is 5.64. The Labute approximate surface area is 127 Å². The third-order valence-corrected chi connectivity index (χ3v) is 5.62. The third kappa shape index (κ3) is 1.92. The lowest BCUT2D eigenvalue weighted by Crippen LogP contribution is -2.39. The summed E-state index contributed by atoms with van der Waals surface area (Å²) in [6.07, 6.45) is 13.3. The van der Waals surface area contributed by atoms with E-state index in [1.807, 2.05) is 0 Å². The molecule has 1 aromatic rings. The predicted octanol–water partition coefficient (Wildman–Crippen LogP) is 4.14. The second kappa shape index (κ2) is 4.94. The molecule has 0 aromatic heterocycles. The first-order chi connectivity index (χ1) is 10.3. The van der Waals surface area contributed by atoms with Crippen LogP contribution in [0.3, 0.4) is 0 Å². The minimum atomic E-state index is 0.598. The third-order valence-electron chi connectivity index (χ3n) is 5.62. The number of nitrogens with zero attached hydrogens (tertiary/aromatic N) is 1. The van der Waals surface area contributed by atoms with Gasteiger partial charge in [0, 0.05) is 30.6 Å². The number of ether oxygens (including phenoxy) is 1. The van der Waals surface area contributed by atoms with Crippen LogP contribution < -0.4 is 9.64 Å². The molecule has 1 aliphatic heterocycles. The number of methoxy groups -OCH3 is 1. The molecule has 0 spiro atoms. The average Bonchev–Trinajstić information content (AvgIpc) is 2.69. The number of benzene rings is 1. The van der Waals surface area contributed by atoms with Crippen molar-refractivity contribution in [2.24, 2.45) is 11.8 Å². The zero-order chi connectivity index (χ0) is 14.4. The maximum absolute atomic E-state index is 5.45. The molecule has 2 aliphatic carbocycles. The van der Waals surface area contributed by atoms with Crippen LogP contribution in [0.15, 0.2) is 42.5 Å². The fourth-order valence-electron chi connectivity index (χ4n) is 4.64. The van der Waals surface area contributed by atoms with Gasteiger partial charge in [-0.25, -0.2) is 0 Å². The van der Waals surface area contributed by atoms with Crippen LogP contribution in [0.4, 0.5) is 5.69 Å². The minimum absolute atomic E-state index is 0.598. The highest BCUT2D eigenvalue weighted by atomic mass is 16.5. The van der Waals surface area contributed by atoms with E-state index in [1.54, 1.807) is 7.11 Å². The van der Waals surface area contributed by atoms with E-state index in [9.17, 15) is 0 Å². The summed E-state index contributed by atoms with van der Waals surface area (Å²) >= 11 is 0. The van der Waals surface area contributed by atoms with Gasteiger partial charge in [0.25, 0.3) is 0 Å². The van der Waals surface area contributed by atoms with E-state index in [0.29, 0.717) is 23.8 Å². The molecule has 3 aliphatic rings. The summed E-state index contributed by atoms with van der Waals surface area (Å²) in [5.41, 5.74) is 2.89. The van der Waals surface area contributed by atoms with Crippen molar-refractivity contribution in [3.8, 4) is 5.75 Å². The maximum atomic E-state index is 5.45. The Morgan fingerprint density at radius 2 is 2.00 bits per heavy atom. The molecule has 0 bridgehead atoms. The topological polar surface area (TPSA) is 12.5 Å². The largest absolute Gasteiger partial charge is 0.497 e. The number of fused-ring (bicyclic) bond motifs is 5. The van der Waals surface area contributed by atoms with Gasteiger partial charge < -0.3 is 9.64 Å². The fraction of sp³-hybridized carbons (Fsp3) is 0.474. The van der Waals surface area contributed by atoms with E-state index >= 15 is 0 Å². The number of hydrogen-bond donors (Lipinski definition) is 0. The van der Waals surface area contributed by atoms with Crippen molar-refractivity contribution in [1.29, 1.82) is 0 Å². The van der Waals surface area contributed by atoms with Gasteiger partial charge in [-0.2, -0.15) is 0 Å². The van der Waals surface area contributed by atoms with Gasteiger partial charge in [-0.05, 0) is 42.5 Å². The molecule has 21 heavy (non-hydrogen) atoms. The molecular weight excluding hydrogens is 258 g/mol.